The number of benzene rings is 2. The first-order chi connectivity index (χ1) is 15.4. The Kier molecular flexibility index (Phi) is 6.21. The molecule has 0 saturated carbocycles. The van der Waals surface area contributed by atoms with E-state index in [1.807, 2.05) is 17.3 Å². The molecule has 0 spiro atoms. The molecule has 1 unspecified atom stereocenters. The van der Waals surface area contributed by atoms with E-state index in [0.29, 0.717) is 28.3 Å². The maximum Gasteiger partial charge on any atom is 0.211 e. The Morgan fingerprint density at radius 1 is 1.06 bits per heavy atom. The molecule has 2 N–H and O–H groups in total. The summed E-state index contributed by atoms with van der Waals surface area (Å²) in [6.45, 7) is 2.55. The summed E-state index contributed by atoms with van der Waals surface area (Å²) in [5.41, 5.74) is 3.18. The topological polar surface area (TPSA) is 90.3 Å². The van der Waals surface area contributed by atoms with Gasteiger partial charge in [0.25, 0.3) is 0 Å². The zero-order valence-corrected chi connectivity index (χ0v) is 18.8. The lowest BCUT2D eigenvalue weighted by Gasteiger charge is -2.20. The fraction of sp³-hybridized carbons (Fsp3) is 0.125. The number of halogens is 1. The Morgan fingerprint density at radius 3 is 2.38 bits per heavy atom. The van der Waals surface area contributed by atoms with Crippen molar-refractivity contribution < 1.29 is 13.8 Å². The van der Waals surface area contributed by atoms with Gasteiger partial charge in [-0.2, -0.15) is 0 Å². The number of ketones is 2. The first kappa shape index (κ1) is 21.9. The maximum atomic E-state index is 13.0. The first-order valence-corrected chi connectivity index (χ1v) is 11.4. The molecule has 1 aliphatic heterocycles. The number of hydrogen-bond donors (Lipinski definition) is 2. The Bertz CT molecular complexity index is 1250. The van der Waals surface area contributed by atoms with E-state index in [9.17, 15) is 13.8 Å². The highest BCUT2D eigenvalue weighted by Gasteiger charge is 2.31. The smallest absolute Gasteiger partial charge is 0.211 e. The van der Waals surface area contributed by atoms with Gasteiger partial charge in [0.1, 0.15) is 10.7 Å². The highest BCUT2D eigenvalue weighted by molar-refractivity contribution is 7.82. The summed E-state index contributed by atoms with van der Waals surface area (Å²) in [6.07, 6.45) is 5.51. The second-order valence-corrected chi connectivity index (χ2v) is 9.07. The van der Waals surface area contributed by atoms with E-state index in [-0.39, 0.29) is 16.5 Å². The van der Waals surface area contributed by atoms with Crippen LogP contribution in [0.4, 0.5) is 5.69 Å². The van der Waals surface area contributed by atoms with Gasteiger partial charge >= 0.3 is 0 Å². The van der Waals surface area contributed by atoms with Crippen LogP contribution in [0.3, 0.4) is 0 Å². The number of nitrogens with zero attached hydrogens (tertiary/aromatic N) is 1. The fourth-order valence-electron chi connectivity index (χ4n) is 3.69. The second-order valence-electron chi connectivity index (χ2n) is 7.28. The molecule has 1 heterocycles. The van der Waals surface area contributed by atoms with Crippen molar-refractivity contribution in [1.29, 1.82) is 5.41 Å². The summed E-state index contributed by atoms with van der Waals surface area (Å²) in [5.74, 6) is -0.743. The van der Waals surface area contributed by atoms with Crippen LogP contribution in [-0.4, -0.2) is 32.8 Å². The minimum absolute atomic E-state index is 0.0326. The summed E-state index contributed by atoms with van der Waals surface area (Å²) in [4.78, 5) is 26.0. The third-order valence-corrected chi connectivity index (χ3v) is 7.30. The lowest BCUT2D eigenvalue weighted by molar-refractivity contribution is 0.0982. The van der Waals surface area contributed by atoms with Gasteiger partial charge in [-0.1, -0.05) is 41.9 Å². The van der Waals surface area contributed by atoms with Gasteiger partial charge in [-0.05, 0) is 49.3 Å². The van der Waals surface area contributed by atoms with E-state index in [1.165, 1.54) is 6.21 Å². The Morgan fingerprint density at radius 2 is 1.72 bits per heavy atom. The van der Waals surface area contributed by atoms with Crippen molar-refractivity contribution in [3.05, 3.63) is 93.8 Å². The fourth-order valence-corrected chi connectivity index (χ4v) is 5.17. The average Bonchev–Trinajstić information content (AvgIpc) is 3.19. The van der Waals surface area contributed by atoms with Crippen molar-refractivity contribution in [2.24, 2.45) is 0 Å². The average molecular weight is 466 g/mol. The standard InChI is InChI=1S/C24H20ClN3O3S/c1-15-16(5-4-13-26)12-14-28(15)32(31)18-10-8-17(9-11-18)27-22-21(25)23(29)19-6-2-3-7-20(19)24(22)30/h2-11,13,26-27H,12,14H2,1H3/b5-4-,26-13?. The van der Waals surface area contributed by atoms with Crippen molar-refractivity contribution in [2.75, 3.05) is 11.9 Å². The molecule has 1 atom stereocenters. The second kappa shape index (κ2) is 9.06. The van der Waals surface area contributed by atoms with Crippen molar-refractivity contribution in [1.82, 2.24) is 4.31 Å². The van der Waals surface area contributed by atoms with Gasteiger partial charge in [-0.25, -0.2) is 4.21 Å². The van der Waals surface area contributed by atoms with Crippen molar-refractivity contribution in [3.63, 3.8) is 0 Å². The SMILES string of the molecule is CC1=C(/C=C\C=N)CCN1S(=O)c1ccc(NC2=C(Cl)C(=O)c3ccccc3C2=O)cc1. The molecule has 2 aromatic carbocycles. The molecule has 0 bridgehead atoms. The molecule has 8 heteroatoms. The zero-order valence-electron chi connectivity index (χ0n) is 17.2. The van der Waals surface area contributed by atoms with Gasteiger partial charge in [0.05, 0.1) is 4.90 Å². The Hall–Kier alpha value is -3.29. The first-order valence-electron chi connectivity index (χ1n) is 9.94. The van der Waals surface area contributed by atoms with Crippen LogP contribution >= 0.6 is 11.6 Å². The molecule has 0 fully saturated rings. The number of Topliss-reactive ketones (excluding diaryl/α,β-unsaturated/α-hetero) is 2. The van der Waals surface area contributed by atoms with E-state index in [1.54, 1.807) is 54.6 Å². The molecule has 1 aliphatic carbocycles. The van der Waals surface area contributed by atoms with E-state index in [0.717, 1.165) is 17.7 Å². The normalized spacial score (nSPS) is 17.2. The van der Waals surface area contributed by atoms with Crippen molar-refractivity contribution >= 4 is 46.1 Å². The Balaban J connectivity index is 1.53. The molecule has 6 nitrogen and oxygen atoms in total. The summed E-state index contributed by atoms with van der Waals surface area (Å²) in [5, 5.41) is 9.92. The van der Waals surface area contributed by atoms with E-state index in [4.69, 9.17) is 17.0 Å². The van der Waals surface area contributed by atoms with Crippen LogP contribution in [0.5, 0.6) is 0 Å². The highest BCUT2D eigenvalue weighted by Crippen LogP contribution is 2.31. The molecule has 0 saturated heterocycles. The van der Waals surface area contributed by atoms with Crippen LogP contribution in [0.1, 0.15) is 34.1 Å². The lowest BCUT2D eigenvalue weighted by atomic mass is 9.92. The van der Waals surface area contributed by atoms with E-state index in [2.05, 4.69) is 5.32 Å². The van der Waals surface area contributed by atoms with Gasteiger partial charge in [-0.3, -0.25) is 13.9 Å². The lowest BCUT2D eigenvalue weighted by Crippen LogP contribution is -2.24. The third kappa shape index (κ3) is 3.97. The number of allylic oxidation sites excluding steroid dienone is 5. The molecule has 32 heavy (non-hydrogen) atoms. The maximum absolute atomic E-state index is 13.0. The monoisotopic (exact) mass is 465 g/mol. The van der Waals surface area contributed by atoms with Gasteiger partial charge in [0, 0.05) is 35.3 Å². The number of fused-ring (bicyclic) bond motifs is 1. The van der Waals surface area contributed by atoms with Crippen LogP contribution in [0.2, 0.25) is 0 Å². The van der Waals surface area contributed by atoms with E-state index >= 15 is 0 Å². The van der Waals surface area contributed by atoms with Crippen LogP contribution in [0, 0.1) is 5.41 Å². The number of carbonyl (C=O) groups excluding carboxylic acids is 2. The van der Waals surface area contributed by atoms with Gasteiger partial charge in [0.15, 0.2) is 11.0 Å². The molecule has 0 radical (unpaired) electrons. The van der Waals surface area contributed by atoms with Crippen molar-refractivity contribution in [3.8, 4) is 0 Å². The quantitative estimate of drug-likeness (QED) is 0.597. The summed E-state index contributed by atoms with van der Waals surface area (Å²) in [7, 11) is -1.38. The largest absolute Gasteiger partial charge is 0.351 e. The minimum atomic E-state index is -1.38. The molecular weight excluding hydrogens is 446 g/mol. The molecule has 162 valence electrons. The van der Waals surface area contributed by atoms with Crippen molar-refractivity contribution in [2.45, 2.75) is 18.2 Å². The van der Waals surface area contributed by atoms with Crippen LogP contribution in [0.15, 0.2) is 87.6 Å². The number of nitrogens with one attached hydrogen (secondary N) is 2. The van der Waals surface area contributed by atoms with Crippen LogP contribution in [-0.2, 0) is 11.0 Å². The van der Waals surface area contributed by atoms with Gasteiger partial charge in [0.2, 0.25) is 11.6 Å². The molecular formula is C24H20ClN3O3S. The molecule has 2 aromatic rings. The molecule has 0 amide bonds. The van der Waals surface area contributed by atoms with E-state index < -0.39 is 16.8 Å². The molecule has 4 rings (SSSR count). The minimum Gasteiger partial charge on any atom is -0.351 e. The summed E-state index contributed by atoms with van der Waals surface area (Å²) < 4.78 is 14.9. The molecule has 0 aromatic heterocycles. The van der Waals surface area contributed by atoms with Gasteiger partial charge < -0.3 is 10.7 Å². The third-order valence-electron chi connectivity index (χ3n) is 5.40. The summed E-state index contributed by atoms with van der Waals surface area (Å²) in [6, 6.07) is 13.4. The molecule has 2 aliphatic rings. The predicted molar refractivity (Wildman–Crippen MR) is 126 cm³/mol. The number of anilines is 1. The number of carbonyl (C=O) groups is 2. The van der Waals surface area contributed by atoms with Crippen LogP contribution < -0.4 is 5.32 Å². The number of rotatable bonds is 6. The number of hydrogen-bond acceptors (Lipinski definition) is 5. The summed E-state index contributed by atoms with van der Waals surface area (Å²) >= 11 is 6.21. The zero-order chi connectivity index (χ0) is 22.8. The Labute approximate surface area is 193 Å². The van der Waals surface area contributed by atoms with Gasteiger partial charge in [-0.15, -0.1) is 0 Å². The predicted octanol–water partition coefficient (Wildman–Crippen LogP) is 4.84. The highest BCUT2D eigenvalue weighted by atomic mass is 35.5. The van der Waals surface area contributed by atoms with Crippen LogP contribution in [0.25, 0.3) is 0 Å².